The van der Waals surface area contributed by atoms with Crippen LogP contribution in [-0.2, 0) is 4.74 Å². The molecule has 110 valence electrons. The highest BCUT2D eigenvalue weighted by Crippen LogP contribution is 2.10. The quantitative estimate of drug-likeness (QED) is 0.375. The fourth-order valence-electron chi connectivity index (χ4n) is 1.96. The zero-order valence-electron chi connectivity index (χ0n) is 12.0. The largest absolute Gasteiger partial charge is 0.389 e. The van der Waals surface area contributed by atoms with Crippen LogP contribution >= 0.6 is 11.6 Å². The first-order valence-corrected chi connectivity index (χ1v) is 8.16. The number of hydrogen-bond donors (Lipinski definition) is 1. The smallest absolute Gasteiger partial charge is 0.0908 e. The number of hydrogen-bond acceptors (Lipinski definition) is 2. The molecule has 0 aromatic rings. The summed E-state index contributed by atoms with van der Waals surface area (Å²) in [5.41, 5.74) is 0. The predicted octanol–water partition coefficient (Wildman–Crippen LogP) is 4.52. The molecule has 0 aromatic heterocycles. The lowest BCUT2D eigenvalue weighted by molar-refractivity contribution is 0.0461. The number of rotatable bonds is 14. The highest BCUT2D eigenvalue weighted by Gasteiger charge is 2.00. The van der Waals surface area contributed by atoms with E-state index in [4.69, 9.17) is 21.4 Å². The number of alkyl halides is 1. The molecule has 3 heteroatoms. The average molecular weight is 285 g/mol. The third kappa shape index (κ3) is 14.3. The molecule has 0 aliphatic carbocycles. The first-order chi connectivity index (χ1) is 8.81. The Morgan fingerprint density at radius 1 is 0.944 bits per heavy atom. The van der Waals surface area contributed by atoms with Crippen LogP contribution in [-0.4, -0.2) is 30.3 Å². The summed E-state index contributed by atoms with van der Waals surface area (Å²) in [6, 6.07) is 0. The van der Waals surface area contributed by atoms with Crippen molar-refractivity contribution in [1.29, 1.82) is 0 Å². The lowest BCUT2D eigenvalue weighted by Crippen LogP contribution is -2.17. The molecule has 0 aromatic carbocycles. The van der Waals surface area contributed by atoms with Gasteiger partial charge in [-0.3, -0.25) is 0 Å². The van der Waals surface area contributed by atoms with Gasteiger partial charge in [-0.05, 0) is 6.42 Å². The number of unbranched alkanes of at least 4 members (excludes halogenated alkanes) is 9. The van der Waals surface area contributed by atoms with E-state index in [9.17, 15) is 0 Å². The van der Waals surface area contributed by atoms with Crippen molar-refractivity contribution in [3.05, 3.63) is 0 Å². The number of ether oxygens (including phenoxy) is 1. The molecule has 0 fully saturated rings. The molecule has 0 radical (unpaired) electrons. The van der Waals surface area contributed by atoms with E-state index in [0.29, 0.717) is 6.61 Å². The first kappa shape index (κ1) is 18.2. The van der Waals surface area contributed by atoms with Gasteiger partial charge in [0.25, 0.3) is 0 Å². The maximum Gasteiger partial charge on any atom is 0.0908 e. The van der Waals surface area contributed by atoms with Gasteiger partial charge in [0.15, 0.2) is 0 Å². The van der Waals surface area contributed by atoms with Gasteiger partial charge in [0.1, 0.15) is 0 Å². The zero-order valence-corrected chi connectivity index (χ0v) is 12.8. The Morgan fingerprint density at radius 2 is 1.44 bits per heavy atom. The van der Waals surface area contributed by atoms with Gasteiger partial charge in [-0.1, -0.05) is 64.7 Å². The van der Waals surface area contributed by atoms with E-state index in [1.807, 2.05) is 0 Å². The van der Waals surface area contributed by atoms with Gasteiger partial charge in [0.2, 0.25) is 0 Å². The Bertz CT molecular complexity index is 153. The lowest BCUT2D eigenvalue weighted by Gasteiger charge is -2.07. The van der Waals surface area contributed by atoms with E-state index in [-0.39, 0.29) is 5.88 Å². The molecule has 0 bridgehead atoms. The van der Waals surface area contributed by atoms with Crippen LogP contribution in [0.3, 0.4) is 0 Å². The van der Waals surface area contributed by atoms with Gasteiger partial charge >= 0.3 is 0 Å². The summed E-state index contributed by atoms with van der Waals surface area (Å²) in [5, 5.41) is 9.16. The lowest BCUT2D eigenvalue weighted by atomic mass is 10.1. The fourth-order valence-corrected chi connectivity index (χ4v) is 2.04. The Hall–Kier alpha value is 0.210. The third-order valence-corrected chi connectivity index (χ3v) is 3.49. The Kier molecular flexibility index (Phi) is 15.4. The molecule has 1 unspecified atom stereocenters. The summed E-state index contributed by atoms with van der Waals surface area (Å²) in [6.45, 7) is 3.39. The van der Waals surface area contributed by atoms with Crippen molar-refractivity contribution in [2.24, 2.45) is 0 Å². The molecular formula is C15H31ClO2. The van der Waals surface area contributed by atoms with Crippen LogP contribution in [0.2, 0.25) is 0 Å². The van der Waals surface area contributed by atoms with Crippen molar-refractivity contribution in [1.82, 2.24) is 0 Å². The van der Waals surface area contributed by atoms with Crippen LogP contribution in [0.1, 0.15) is 71.1 Å². The maximum absolute atomic E-state index is 9.16. The highest BCUT2D eigenvalue weighted by atomic mass is 35.5. The summed E-state index contributed by atoms with van der Waals surface area (Å²) >= 11 is 5.46. The van der Waals surface area contributed by atoms with Crippen LogP contribution in [0, 0.1) is 0 Å². The monoisotopic (exact) mass is 284 g/mol. The Labute approximate surface area is 118 Å². The highest BCUT2D eigenvalue weighted by molar-refractivity contribution is 6.18. The van der Waals surface area contributed by atoms with Gasteiger partial charge in [-0.15, -0.1) is 11.6 Å². The molecule has 0 aliphatic heterocycles. The molecule has 2 nitrogen and oxygen atoms in total. The topological polar surface area (TPSA) is 29.5 Å². The van der Waals surface area contributed by atoms with Gasteiger partial charge in [-0.25, -0.2) is 0 Å². The second kappa shape index (κ2) is 15.3. The molecule has 0 spiro atoms. The van der Waals surface area contributed by atoms with E-state index in [0.717, 1.165) is 13.0 Å². The Balaban J connectivity index is 2.94. The van der Waals surface area contributed by atoms with E-state index in [1.54, 1.807) is 0 Å². The van der Waals surface area contributed by atoms with Gasteiger partial charge in [0, 0.05) is 6.61 Å². The molecule has 1 N–H and O–H groups in total. The van der Waals surface area contributed by atoms with Crippen LogP contribution in [0.15, 0.2) is 0 Å². The molecule has 1 atom stereocenters. The van der Waals surface area contributed by atoms with E-state index >= 15 is 0 Å². The van der Waals surface area contributed by atoms with Crippen molar-refractivity contribution in [3.63, 3.8) is 0 Å². The van der Waals surface area contributed by atoms with E-state index < -0.39 is 6.10 Å². The molecule has 0 amide bonds. The van der Waals surface area contributed by atoms with Crippen molar-refractivity contribution >= 4 is 11.6 Å². The average Bonchev–Trinajstić information content (AvgIpc) is 2.39. The van der Waals surface area contributed by atoms with Gasteiger partial charge in [0.05, 0.1) is 18.6 Å². The molecule has 0 aliphatic rings. The molecule has 0 rings (SSSR count). The summed E-state index contributed by atoms with van der Waals surface area (Å²) < 4.78 is 5.32. The molecule has 18 heavy (non-hydrogen) atoms. The predicted molar refractivity (Wildman–Crippen MR) is 79.4 cm³/mol. The minimum Gasteiger partial charge on any atom is -0.389 e. The fraction of sp³-hybridized carbons (Fsp3) is 1.00. The van der Waals surface area contributed by atoms with Gasteiger partial charge in [-0.2, -0.15) is 0 Å². The normalized spacial score (nSPS) is 12.8. The second-order valence-electron chi connectivity index (χ2n) is 5.07. The van der Waals surface area contributed by atoms with Crippen molar-refractivity contribution < 1.29 is 9.84 Å². The summed E-state index contributed by atoms with van der Waals surface area (Å²) in [6.07, 6.45) is 12.8. The Morgan fingerprint density at radius 3 is 1.94 bits per heavy atom. The van der Waals surface area contributed by atoms with Crippen LogP contribution < -0.4 is 0 Å². The second-order valence-corrected chi connectivity index (χ2v) is 5.37. The number of aliphatic hydroxyl groups is 1. The first-order valence-electron chi connectivity index (χ1n) is 7.63. The minimum absolute atomic E-state index is 0.262. The molecule has 0 heterocycles. The van der Waals surface area contributed by atoms with Crippen LogP contribution in [0.25, 0.3) is 0 Å². The zero-order chi connectivity index (χ0) is 13.5. The maximum atomic E-state index is 9.16. The number of aliphatic hydroxyl groups excluding tert-OH is 1. The van der Waals surface area contributed by atoms with Crippen LogP contribution in [0.5, 0.6) is 0 Å². The standard InChI is InChI=1S/C15H31ClO2/c1-2-3-4-5-6-7-8-9-10-11-12-18-14-15(17)13-16/h15,17H,2-14H2,1H3/i13+2,14+2,15+2. The summed E-state index contributed by atoms with van der Waals surface area (Å²) in [7, 11) is 0. The summed E-state index contributed by atoms with van der Waals surface area (Å²) in [4.78, 5) is 0. The van der Waals surface area contributed by atoms with Crippen molar-refractivity contribution in [2.45, 2.75) is 77.2 Å². The summed E-state index contributed by atoms with van der Waals surface area (Å²) in [5.74, 6) is 0.262. The molecular weight excluding hydrogens is 254 g/mol. The van der Waals surface area contributed by atoms with E-state index in [2.05, 4.69) is 6.92 Å². The van der Waals surface area contributed by atoms with Crippen LogP contribution in [0.4, 0.5) is 0 Å². The SMILES string of the molecule is CCCCCCCCCCCCO[14CH2][14CH](O)[14CH2]Cl. The molecule has 0 saturated heterocycles. The van der Waals surface area contributed by atoms with Crippen molar-refractivity contribution in [3.8, 4) is 0 Å². The van der Waals surface area contributed by atoms with Crippen molar-refractivity contribution in [2.75, 3.05) is 19.1 Å². The minimum atomic E-state index is -0.505. The number of halogens is 1. The van der Waals surface area contributed by atoms with Gasteiger partial charge < -0.3 is 9.84 Å². The third-order valence-electron chi connectivity index (χ3n) is 3.13. The van der Waals surface area contributed by atoms with E-state index in [1.165, 1.54) is 57.8 Å². The molecule has 0 saturated carbocycles.